The topological polar surface area (TPSA) is 52.1 Å². The molecule has 118 valence electrons. The van der Waals surface area contributed by atoms with Crippen LogP contribution >= 0.6 is 11.7 Å². The zero-order valence-corrected chi connectivity index (χ0v) is 14.4. The number of benzene rings is 2. The number of carbonyl (C=O) groups is 1. The van der Waals surface area contributed by atoms with Crippen molar-refractivity contribution < 1.29 is 9.53 Å². The van der Waals surface area contributed by atoms with Gasteiger partial charge in [0.15, 0.2) is 0 Å². The number of rotatable bonds is 2. The van der Waals surface area contributed by atoms with Gasteiger partial charge in [-0.25, -0.2) is 4.79 Å². The molecule has 0 aliphatic heterocycles. The third-order valence-corrected chi connectivity index (χ3v) is 4.42. The summed E-state index contributed by atoms with van der Waals surface area (Å²) in [4.78, 5) is 12.1. The standard InChI is InChI=1S/C18H18N2O2S/c1-18(2,3)12-7-5-11(6-8-12)15-13(17(21)22-4)9-10-14-16(15)20-23-19-14/h5-10H,1-4H3. The number of carbonyl (C=O) groups excluding carboxylic acids is 1. The first-order valence-electron chi connectivity index (χ1n) is 7.36. The molecule has 0 radical (unpaired) electrons. The highest BCUT2D eigenvalue weighted by Gasteiger charge is 2.20. The Morgan fingerprint density at radius 2 is 1.74 bits per heavy atom. The van der Waals surface area contributed by atoms with Crippen molar-refractivity contribution in [3.63, 3.8) is 0 Å². The van der Waals surface area contributed by atoms with Crippen LogP contribution in [0.15, 0.2) is 36.4 Å². The summed E-state index contributed by atoms with van der Waals surface area (Å²) in [6.07, 6.45) is 0. The minimum Gasteiger partial charge on any atom is -0.465 e. The minimum atomic E-state index is -0.366. The molecule has 23 heavy (non-hydrogen) atoms. The molecule has 5 heteroatoms. The predicted octanol–water partition coefficient (Wildman–Crippen LogP) is 4.44. The smallest absolute Gasteiger partial charge is 0.338 e. The van der Waals surface area contributed by atoms with E-state index in [0.717, 1.165) is 33.9 Å². The second kappa shape index (κ2) is 5.74. The van der Waals surface area contributed by atoms with E-state index in [4.69, 9.17) is 4.74 Å². The lowest BCUT2D eigenvalue weighted by atomic mass is 9.86. The molecule has 0 unspecified atom stereocenters. The van der Waals surface area contributed by atoms with Gasteiger partial charge in [-0.2, -0.15) is 8.75 Å². The summed E-state index contributed by atoms with van der Waals surface area (Å²) in [5.74, 6) is -0.366. The number of ether oxygens (including phenoxy) is 1. The monoisotopic (exact) mass is 326 g/mol. The molecule has 0 fully saturated rings. The van der Waals surface area contributed by atoms with Crippen molar-refractivity contribution in [1.29, 1.82) is 0 Å². The second-order valence-electron chi connectivity index (χ2n) is 6.44. The fourth-order valence-corrected chi connectivity index (χ4v) is 3.10. The molecule has 3 rings (SSSR count). The Hall–Kier alpha value is -2.27. The molecule has 0 saturated heterocycles. The van der Waals surface area contributed by atoms with Crippen molar-refractivity contribution in [3.05, 3.63) is 47.5 Å². The summed E-state index contributed by atoms with van der Waals surface area (Å²) < 4.78 is 13.6. The van der Waals surface area contributed by atoms with E-state index < -0.39 is 0 Å². The molecule has 0 amide bonds. The quantitative estimate of drug-likeness (QED) is 0.653. The van der Waals surface area contributed by atoms with Gasteiger partial charge in [0, 0.05) is 5.56 Å². The first-order valence-corrected chi connectivity index (χ1v) is 8.09. The van der Waals surface area contributed by atoms with Crippen LogP contribution in [0.4, 0.5) is 0 Å². The Morgan fingerprint density at radius 3 is 2.35 bits per heavy atom. The molecule has 0 atom stereocenters. The molecule has 3 aromatic rings. The number of nitrogens with zero attached hydrogens (tertiary/aromatic N) is 2. The summed E-state index contributed by atoms with van der Waals surface area (Å²) in [7, 11) is 1.39. The summed E-state index contributed by atoms with van der Waals surface area (Å²) in [5.41, 5.74) is 5.08. The highest BCUT2D eigenvalue weighted by atomic mass is 32.1. The molecule has 0 aliphatic rings. The summed E-state index contributed by atoms with van der Waals surface area (Å²) >= 11 is 1.15. The maximum atomic E-state index is 12.1. The van der Waals surface area contributed by atoms with Gasteiger partial charge in [0.05, 0.1) is 24.4 Å². The highest BCUT2D eigenvalue weighted by Crippen LogP contribution is 2.33. The number of aromatic nitrogens is 2. The molecule has 0 spiro atoms. The van der Waals surface area contributed by atoms with E-state index in [0.29, 0.717) is 5.56 Å². The SMILES string of the molecule is COC(=O)c1ccc2nsnc2c1-c1ccc(C(C)(C)C)cc1. The second-order valence-corrected chi connectivity index (χ2v) is 6.97. The lowest BCUT2D eigenvalue weighted by Crippen LogP contribution is -2.10. The number of methoxy groups -OCH3 is 1. The van der Waals surface area contributed by atoms with Gasteiger partial charge in [-0.15, -0.1) is 0 Å². The van der Waals surface area contributed by atoms with E-state index in [1.165, 1.54) is 12.7 Å². The average molecular weight is 326 g/mol. The zero-order chi connectivity index (χ0) is 16.6. The van der Waals surface area contributed by atoms with Crippen LogP contribution < -0.4 is 0 Å². The van der Waals surface area contributed by atoms with E-state index >= 15 is 0 Å². The van der Waals surface area contributed by atoms with E-state index in [-0.39, 0.29) is 11.4 Å². The number of esters is 1. The number of hydrogen-bond acceptors (Lipinski definition) is 5. The molecule has 0 N–H and O–H groups in total. The van der Waals surface area contributed by atoms with Crippen molar-refractivity contribution in [2.45, 2.75) is 26.2 Å². The molecular weight excluding hydrogens is 308 g/mol. The molecule has 0 bridgehead atoms. The maximum absolute atomic E-state index is 12.1. The summed E-state index contributed by atoms with van der Waals surface area (Å²) in [6.45, 7) is 6.52. The normalized spacial score (nSPS) is 11.7. The fraction of sp³-hybridized carbons (Fsp3) is 0.278. The van der Waals surface area contributed by atoms with E-state index in [2.05, 4.69) is 41.7 Å². The molecule has 4 nitrogen and oxygen atoms in total. The molecule has 0 saturated carbocycles. The van der Waals surface area contributed by atoms with Gasteiger partial charge in [-0.3, -0.25) is 0 Å². The van der Waals surface area contributed by atoms with Crippen LogP contribution in [0.25, 0.3) is 22.2 Å². The minimum absolute atomic E-state index is 0.0813. The van der Waals surface area contributed by atoms with Crippen LogP contribution in [0.5, 0.6) is 0 Å². The molecule has 0 aliphatic carbocycles. The van der Waals surface area contributed by atoms with Crippen molar-refractivity contribution in [3.8, 4) is 11.1 Å². The van der Waals surface area contributed by atoms with Crippen molar-refractivity contribution in [1.82, 2.24) is 8.75 Å². The summed E-state index contributed by atoms with van der Waals surface area (Å²) in [6, 6.07) is 11.8. The first kappa shape index (κ1) is 15.6. The van der Waals surface area contributed by atoms with E-state index in [1.54, 1.807) is 12.1 Å². The zero-order valence-electron chi connectivity index (χ0n) is 13.6. The van der Waals surface area contributed by atoms with Gasteiger partial charge in [-0.1, -0.05) is 45.0 Å². The van der Waals surface area contributed by atoms with Crippen molar-refractivity contribution >= 4 is 28.7 Å². The third-order valence-electron chi connectivity index (χ3n) is 3.87. The Balaban J connectivity index is 2.21. The number of fused-ring (bicyclic) bond motifs is 1. The third kappa shape index (κ3) is 2.84. The predicted molar refractivity (Wildman–Crippen MR) is 92.9 cm³/mol. The largest absolute Gasteiger partial charge is 0.465 e. The molecule has 1 aromatic heterocycles. The Morgan fingerprint density at radius 1 is 1.04 bits per heavy atom. The van der Waals surface area contributed by atoms with Gasteiger partial charge in [0.2, 0.25) is 0 Å². The van der Waals surface area contributed by atoms with Gasteiger partial charge in [-0.05, 0) is 28.7 Å². The Labute approximate surface area is 139 Å². The van der Waals surface area contributed by atoms with Gasteiger partial charge in [0.25, 0.3) is 0 Å². The Kier molecular flexibility index (Phi) is 3.90. The van der Waals surface area contributed by atoms with Crippen LogP contribution in [0.1, 0.15) is 36.7 Å². The maximum Gasteiger partial charge on any atom is 0.338 e. The highest BCUT2D eigenvalue weighted by molar-refractivity contribution is 7.00. The van der Waals surface area contributed by atoms with Gasteiger partial charge < -0.3 is 4.74 Å². The molecular formula is C18H18N2O2S. The number of hydrogen-bond donors (Lipinski definition) is 0. The fourth-order valence-electron chi connectivity index (χ4n) is 2.56. The van der Waals surface area contributed by atoms with Crippen LogP contribution in [0.2, 0.25) is 0 Å². The van der Waals surface area contributed by atoms with Crippen LogP contribution in [0.3, 0.4) is 0 Å². The Bertz CT molecular complexity index is 861. The van der Waals surface area contributed by atoms with Crippen LogP contribution in [-0.4, -0.2) is 21.8 Å². The summed E-state index contributed by atoms with van der Waals surface area (Å²) in [5, 5.41) is 0. The van der Waals surface area contributed by atoms with Crippen LogP contribution in [0, 0.1) is 0 Å². The average Bonchev–Trinajstić information content (AvgIpc) is 3.01. The first-order chi connectivity index (χ1) is 10.9. The molecule has 1 heterocycles. The molecule has 2 aromatic carbocycles. The van der Waals surface area contributed by atoms with Gasteiger partial charge >= 0.3 is 5.97 Å². The lowest BCUT2D eigenvalue weighted by Gasteiger charge is -2.19. The van der Waals surface area contributed by atoms with Gasteiger partial charge in [0.1, 0.15) is 11.0 Å². The lowest BCUT2D eigenvalue weighted by molar-refractivity contribution is 0.0602. The van der Waals surface area contributed by atoms with E-state index in [1.807, 2.05) is 12.1 Å². The van der Waals surface area contributed by atoms with Crippen molar-refractivity contribution in [2.75, 3.05) is 7.11 Å². The van der Waals surface area contributed by atoms with E-state index in [9.17, 15) is 4.79 Å². The van der Waals surface area contributed by atoms with Crippen molar-refractivity contribution in [2.24, 2.45) is 0 Å². The van der Waals surface area contributed by atoms with Crippen LogP contribution in [-0.2, 0) is 10.2 Å².